The summed E-state index contributed by atoms with van der Waals surface area (Å²) in [5.74, 6) is -2.42. The molecule has 0 aliphatic carbocycles. The molecule has 6 nitrogen and oxygen atoms in total. The van der Waals surface area contributed by atoms with Crippen molar-refractivity contribution in [1.29, 1.82) is 0 Å². The van der Waals surface area contributed by atoms with Gasteiger partial charge in [0.15, 0.2) is 0 Å². The first-order chi connectivity index (χ1) is 8.45. The summed E-state index contributed by atoms with van der Waals surface area (Å²) in [6.07, 6.45) is 0. The molecule has 0 atom stereocenters. The van der Waals surface area contributed by atoms with Crippen molar-refractivity contribution >= 4 is 31.7 Å². The van der Waals surface area contributed by atoms with Crippen LogP contribution in [0.4, 0.5) is 23.2 Å². The van der Waals surface area contributed by atoms with Gasteiger partial charge in [0, 0.05) is 0 Å². The monoisotopic (exact) mass is 367 g/mol. The summed E-state index contributed by atoms with van der Waals surface area (Å²) in [6, 6.07) is 0.750. The number of alkyl halides is 3. The zero-order valence-corrected chi connectivity index (χ0v) is 10.8. The normalized spacial score (nSPS) is 12.3. The highest BCUT2D eigenvalue weighted by molar-refractivity contribution is 9.10. The highest BCUT2D eigenvalue weighted by Gasteiger charge is 2.49. The molecule has 0 heterocycles. The van der Waals surface area contributed by atoms with Crippen LogP contribution in [0.1, 0.15) is 0 Å². The molecule has 12 heteroatoms. The van der Waals surface area contributed by atoms with Gasteiger partial charge in [0.2, 0.25) is 5.75 Å². The third kappa shape index (κ3) is 3.32. The SMILES string of the molecule is O=[N+]([O-])c1cc(F)cc(Br)c1OS(=O)(=O)C(F)(F)F. The molecule has 0 fully saturated rings. The van der Waals surface area contributed by atoms with Gasteiger partial charge in [0.1, 0.15) is 5.82 Å². The molecule has 0 N–H and O–H groups in total. The molecule has 1 rings (SSSR count). The highest BCUT2D eigenvalue weighted by Crippen LogP contribution is 2.39. The number of nitro benzene ring substituents is 1. The Morgan fingerprint density at radius 1 is 1.32 bits per heavy atom. The summed E-state index contributed by atoms with van der Waals surface area (Å²) in [7, 11) is -6.10. The second-order valence-electron chi connectivity index (χ2n) is 2.98. The van der Waals surface area contributed by atoms with Crippen molar-refractivity contribution < 1.29 is 35.1 Å². The van der Waals surface area contributed by atoms with Crippen LogP contribution in [-0.4, -0.2) is 18.8 Å². The fourth-order valence-electron chi connectivity index (χ4n) is 0.922. The first kappa shape index (κ1) is 15.6. The fraction of sp³-hybridized carbons (Fsp3) is 0.143. The Hall–Kier alpha value is -1.43. The van der Waals surface area contributed by atoms with Gasteiger partial charge in [0.25, 0.3) is 0 Å². The summed E-state index contributed by atoms with van der Waals surface area (Å²) in [5.41, 5.74) is -7.03. The van der Waals surface area contributed by atoms with E-state index in [1.54, 1.807) is 0 Å². The van der Waals surface area contributed by atoms with Crippen molar-refractivity contribution in [3.05, 3.63) is 32.5 Å². The van der Waals surface area contributed by atoms with Gasteiger partial charge in [-0.25, -0.2) is 4.39 Å². The molecule has 0 bridgehead atoms. The van der Waals surface area contributed by atoms with Crippen molar-refractivity contribution in [3.63, 3.8) is 0 Å². The summed E-state index contributed by atoms with van der Waals surface area (Å²) in [6.45, 7) is 0. The van der Waals surface area contributed by atoms with Crippen LogP contribution in [0.3, 0.4) is 0 Å². The standard InChI is InChI=1S/C7H2BrF4NO5S/c8-4-1-3(9)2-5(13(14)15)6(4)18-19(16,17)7(10,11)12/h1-2H. The molecule has 0 spiro atoms. The van der Waals surface area contributed by atoms with Crippen LogP contribution in [0.2, 0.25) is 0 Å². The predicted octanol–water partition coefficient (Wildman–Crippen LogP) is 2.72. The van der Waals surface area contributed by atoms with Gasteiger partial charge in [0.05, 0.1) is 15.5 Å². The smallest absolute Gasteiger partial charge is 0.367 e. The molecular formula is C7H2BrF4NO5S. The van der Waals surface area contributed by atoms with Gasteiger partial charge < -0.3 is 4.18 Å². The summed E-state index contributed by atoms with van der Waals surface area (Å²) in [4.78, 5) is 9.24. The topological polar surface area (TPSA) is 86.5 Å². The molecule has 0 aliphatic rings. The fourth-order valence-corrected chi connectivity index (χ4v) is 2.02. The van der Waals surface area contributed by atoms with Gasteiger partial charge in [-0.3, -0.25) is 10.1 Å². The van der Waals surface area contributed by atoms with Crippen LogP contribution in [0.25, 0.3) is 0 Å². The number of hydrogen-bond donors (Lipinski definition) is 0. The van der Waals surface area contributed by atoms with Gasteiger partial charge in [-0.1, -0.05) is 0 Å². The average Bonchev–Trinajstić information content (AvgIpc) is 2.19. The summed E-state index contributed by atoms with van der Waals surface area (Å²) in [5, 5.41) is 10.5. The lowest BCUT2D eigenvalue weighted by atomic mass is 10.3. The third-order valence-corrected chi connectivity index (χ3v) is 3.20. The van der Waals surface area contributed by atoms with Crippen molar-refractivity contribution in [3.8, 4) is 5.75 Å². The lowest BCUT2D eigenvalue weighted by molar-refractivity contribution is -0.385. The van der Waals surface area contributed by atoms with Gasteiger partial charge in [-0.15, -0.1) is 0 Å². The van der Waals surface area contributed by atoms with Crippen LogP contribution in [0, 0.1) is 15.9 Å². The minimum atomic E-state index is -6.10. The molecule has 0 aromatic heterocycles. The quantitative estimate of drug-likeness (QED) is 0.269. The number of hydrogen-bond acceptors (Lipinski definition) is 5. The van der Waals surface area contributed by atoms with E-state index < -0.39 is 42.3 Å². The van der Waals surface area contributed by atoms with E-state index in [0.717, 1.165) is 0 Å². The third-order valence-electron chi connectivity index (χ3n) is 1.66. The minimum Gasteiger partial charge on any atom is -0.367 e. The molecular weight excluding hydrogens is 366 g/mol. The Morgan fingerprint density at radius 3 is 2.26 bits per heavy atom. The van der Waals surface area contributed by atoms with Crippen LogP contribution in [0.15, 0.2) is 16.6 Å². The van der Waals surface area contributed by atoms with Crippen LogP contribution in [0.5, 0.6) is 5.75 Å². The van der Waals surface area contributed by atoms with Crippen LogP contribution < -0.4 is 4.18 Å². The largest absolute Gasteiger partial charge is 0.534 e. The number of rotatable bonds is 3. The molecule has 106 valence electrons. The zero-order chi connectivity index (χ0) is 15.0. The maximum absolute atomic E-state index is 12.9. The van der Waals surface area contributed by atoms with Crippen molar-refractivity contribution in [2.45, 2.75) is 5.51 Å². The van der Waals surface area contributed by atoms with Gasteiger partial charge in [-0.05, 0) is 22.0 Å². The molecule has 19 heavy (non-hydrogen) atoms. The Kier molecular flexibility index (Phi) is 4.05. The Bertz CT molecular complexity index is 629. The van der Waals surface area contributed by atoms with Crippen molar-refractivity contribution in [2.75, 3.05) is 0 Å². The number of halogens is 5. The molecule has 0 amide bonds. The first-order valence-corrected chi connectivity index (χ1v) is 6.30. The predicted molar refractivity (Wildman–Crippen MR) is 56.4 cm³/mol. The van der Waals surface area contributed by atoms with E-state index in [2.05, 4.69) is 20.1 Å². The Morgan fingerprint density at radius 2 is 1.84 bits per heavy atom. The average molecular weight is 368 g/mol. The van der Waals surface area contributed by atoms with E-state index >= 15 is 0 Å². The molecule has 0 aliphatic heterocycles. The Labute approximate surface area is 111 Å². The maximum atomic E-state index is 12.9. The lowest BCUT2D eigenvalue weighted by Crippen LogP contribution is -2.28. The van der Waals surface area contributed by atoms with E-state index in [9.17, 15) is 36.1 Å². The van der Waals surface area contributed by atoms with E-state index in [1.165, 1.54) is 0 Å². The van der Waals surface area contributed by atoms with E-state index in [1.807, 2.05) is 0 Å². The van der Waals surface area contributed by atoms with Crippen molar-refractivity contribution in [1.82, 2.24) is 0 Å². The number of nitro groups is 1. The second kappa shape index (κ2) is 4.92. The molecule has 0 saturated heterocycles. The van der Waals surface area contributed by atoms with Gasteiger partial charge >= 0.3 is 21.3 Å². The lowest BCUT2D eigenvalue weighted by Gasteiger charge is -2.10. The van der Waals surface area contributed by atoms with Crippen LogP contribution in [-0.2, 0) is 10.1 Å². The van der Waals surface area contributed by atoms with Gasteiger partial charge in [-0.2, -0.15) is 21.6 Å². The molecule has 0 saturated carbocycles. The maximum Gasteiger partial charge on any atom is 0.534 e. The molecule has 0 unspecified atom stereocenters. The minimum absolute atomic E-state index is 0.228. The van der Waals surface area contributed by atoms with E-state index in [4.69, 9.17) is 0 Å². The summed E-state index contributed by atoms with van der Waals surface area (Å²) < 4.78 is 73.6. The number of benzene rings is 1. The summed E-state index contributed by atoms with van der Waals surface area (Å²) >= 11 is 2.48. The van der Waals surface area contributed by atoms with Crippen molar-refractivity contribution in [2.24, 2.45) is 0 Å². The number of nitrogens with zero attached hydrogens (tertiary/aromatic N) is 1. The second-order valence-corrected chi connectivity index (χ2v) is 5.37. The molecule has 0 radical (unpaired) electrons. The molecule has 1 aromatic rings. The first-order valence-electron chi connectivity index (χ1n) is 4.10. The van der Waals surface area contributed by atoms with Crippen LogP contribution >= 0.6 is 15.9 Å². The van der Waals surface area contributed by atoms with E-state index in [0.29, 0.717) is 6.07 Å². The van der Waals surface area contributed by atoms with E-state index in [-0.39, 0.29) is 6.07 Å². The highest BCUT2D eigenvalue weighted by atomic mass is 79.9. The molecule has 1 aromatic carbocycles. The Balaban J connectivity index is 3.41. The zero-order valence-electron chi connectivity index (χ0n) is 8.44.